The summed E-state index contributed by atoms with van der Waals surface area (Å²) >= 11 is 0. The zero-order valence-corrected chi connectivity index (χ0v) is 13.6. The molecule has 0 N–H and O–H groups in total. The van der Waals surface area contributed by atoms with Gasteiger partial charge < -0.3 is 4.90 Å². The molecule has 0 unspecified atom stereocenters. The number of nitrogens with zero attached hydrogens (tertiary/aromatic N) is 3. The maximum absolute atomic E-state index is 12.6. The quantitative estimate of drug-likeness (QED) is 0.852. The van der Waals surface area contributed by atoms with Crippen LogP contribution in [0.2, 0.25) is 0 Å². The van der Waals surface area contributed by atoms with Crippen LogP contribution in [0.15, 0.2) is 24.3 Å². The predicted molar refractivity (Wildman–Crippen MR) is 87.5 cm³/mol. The van der Waals surface area contributed by atoms with E-state index in [1.165, 1.54) is 17.5 Å². The standard InChI is InChI=1S/C18H23N3O/c1-13-7-8-16(11-14(13)2)21-15(3)12-17(19-21)18(22)20-9-5-4-6-10-20/h7-8,11-12H,4-6,9-10H2,1-3H3. The van der Waals surface area contributed by atoms with E-state index in [-0.39, 0.29) is 5.91 Å². The minimum absolute atomic E-state index is 0.0605. The lowest BCUT2D eigenvalue weighted by molar-refractivity contribution is 0.0718. The Bertz CT molecular complexity index is 696. The van der Waals surface area contributed by atoms with Crippen LogP contribution in [0.4, 0.5) is 0 Å². The van der Waals surface area contributed by atoms with Crippen LogP contribution in [0.3, 0.4) is 0 Å². The molecule has 1 aliphatic rings. The molecule has 0 bridgehead atoms. The van der Waals surface area contributed by atoms with Crippen LogP contribution < -0.4 is 0 Å². The number of piperidine rings is 1. The van der Waals surface area contributed by atoms with Crippen molar-refractivity contribution in [2.45, 2.75) is 40.0 Å². The normalized spacial score (nSPS) is 15.1. The molecule has 22 heavy (non-hydrogen) atoms. The van der Waals surface area contributed by atoms with Gasteiger partial charge in [0.05, 0.1) is 5.69 Å². The molecular weight excluding hydrogens is 274 g/mol. The summed E-state index contributed by atoms with van der Waals surface area (Å²) in [5.74, 6) is 0.0605. The second-order valence-electron chi connectivity index (χ2n) is 6.20. The molecule has 2 aromatic rings. The van der Waals surface area contributed by atoms with Gasteiger partial charge in [-0.15, -0.1) is 0 Å². The maximum atomic E-state index is 12.6. The zero-order chi connectivity index (χ0) is 15.7. The van der Waals surface area contributed by atoms with Gasteiger partial charge in [0.1, 0.15) is 0 Å². The van der Waals surface area contributed by atoms with Crippen LogP contribution in [0.1, 0.15) is 46.6 Å². The van der Waals surface area contributed by atoms with E-state index in [1.54, 1.807) is 0 Å². The van der Waals surface area contributed by atoms with E-state index in [0.717, 1.165) is 37.3 Å². The van der Waals surface area contributed by atoms with Crippen molar-refractivity contribution in [1.29, 1.82) is 0 Å². The van der Waals surface area contributed by atoms with Crippen molar-refractivity contribution in [3.8, 4) is 5.69 Å². The number of likely N-dealkylation sites (tertiary alicyclic amines) is 1. The number of amides is 1. The molecule has 3 rings (SSSR count). The smallest absolute Gasteiger partial charge is 0.274 e. The Hall–Kier alpha value is -2.10. The van der Waals surface area contributed by atoms with Crippen LogP contribution in [-0.4, -0.2) is 33.7 Å². The SMILES string of the molecule is Cc1ccc(-n2nc(C(=O)N3CCCCC3)cc2C)cc1C. The van der Waals surface area contributed by atoms with Crippen LogP contribution >= 0.6 is 0 Å². The number of carbonyl (C=O) groups excluding carboxylic acids is 1. The summed E-state index contributed by atoms with van der Waals surface area (Å²) in [6.45, 7) is 7.90. The van der Waals surface area contributed by atoms with E-state index in [2.05, 4.69) is 37.1 Å². The lowest BCUT2D eigenvalue weighted by Crippen LogP contribution is -2.35. The fourth-order valence-corrected chi connectivity index (χ4v) is 2.96. The summed E-state index contributed by atoms with van der Waals surface area (Å²) in [5, 5.41) is 4.55. The van der Waals surface area contributed by atoms with Crippen LogP contribution in [0, 0.1) is 20.8 Å². The fraction of sp³-hybridized carbons (Fsp3) is 0.444. The van der Waals surface area contributed by atoms with Gasteiger partial charge in [0.15, 0.2) is 5.69 Å². The first-order valence-corrected chi connectivity index (χ1v) is 8.00. The van der Waals surface area contributed by atoms with Crippen molar-refractivity contribution >= 4 is 5.91 Å². The number of hydrogen-bond acceptors (Lipinski definition) is 2. The van der Waals surface area contributed by atoms with E-state index in [1.807, 2.05) is 22.6 Å². The lowest BCUT2D eigenvalue weighted by Gasteiger charge is -2.25. The van der Waals surface area contributed by atoms with Crippen molar-refractivity contribution in [3.05, 3.63) is 46.8 Å². The Kier molecular flexibility index (Phi) is 4.01. The molecule has 1 aliphatic heterocycles. The summed E-state index contributed by atoms with van der Waals surface area (Å²) in [7, 11) is 0. The Morgan fingerprint density at radius 2 is 1.73 bits per heavy atom. The topological polar surface area (TPSA) is 38.1 Å². The number of hydrogen-bond donors (Lipinski definition) is 0. The highest BCUT2D eigenvalue weighted by molar-refractivity contribution is 5.92. The average Bonchev–Trinajstić information content (AvgIpc) is 2.92. The number of aryl methyl sites for hydroxylation is 3. The molecule has 1 aromatic carbocycles. The highest BCUT2D eigenvalue weighted by Crippen LogP contribution is 2.18. The zero-order valence-electron chi connectivity index (χ0n) is 13.6. The predicted octanol–water partition coefficient (Wildman–Crippen LogP) is 3.42. The van der Waals surface area contributed by atoms with Crippen molar-refractivity contribution in [1.82, 2.24) is 14.7 Å². The van der Waals surface area contributed by atoms with E-state index < -0.39 is 0 Å². The summed E-state index contributed by atoms with van der Waals surface area (Å²) in [6, 6.07) is 8.16. The first kappa shape index (κ1) is 14.8. The largest absolute Gasteiger partial charge is 0.337 e. The molecule has 1 fully saturated rings. The third-order valence-corrected chi connectivity index (χ3v) is 4.48. The van der Waals surface area contributed by atoms with E-state index >= 15 is 0 Å². The van der Waals surface area contributed by atoms with E-state index in [4.69, 9.17) is 0 Å². The molecule has 1 aromatic heterocycles. The van der Waals surface area contributed by atoms with Gasteiger partial charge >= 0.3 is 0 Å². The summed E-state index contributed by atoms with van der Waals surface area (Å²) in [5.41, 5.74) is 5.05. The number of rotatable bonds is 2. The van der Waals surface area contributed by atoms with Gasteiger partial charge in [0, 0.05) is 18.8 Å². The highest BCUT2D eigenvalue weighted by Gasteiger charge is 2.21. The lowest BCUT2D eigenvalue weighted by atomic mass is 10.1. The van der Waals surface area contributed by atoms with Crippen LogP contribution in [0.25, 0.3) is 5.69 Å². The molecular formula is C18H23N3O. The molecule has 0 spiro atoms. The van der Waals surface area contributed by atoms with E-state index in [0.29, 0.717) is 5.69 Å². The van der Waals surface area contributed by atoms with Gasteiger partial charge in [-0.3, -0.25) is 4.79 Å². The molecule has 1 saturated heterocycles. The third kappa shape index (κ3) is 2.78. The molecule has 0 radical (unpaired) electrons. The Morgan fingerprint density at radius 3 is 2.41 bits per heavy atom. The van der Waals surface area contributed by atoms with E-state index in [9.17, 15) is 4.79 Å². The highest BCUT2D eigenvalue weighted by atomic mass is 16.2. The van der Waals surface area contributed by atoms with Gasteiger partial charge in [-0.1, -0.05) is 6.07 Å². The van der Waals surface area contributed by atoms with Crippen molar-refractivity contribution in [2.75, 3.05) is 13.1 Å². The second kappa shape index (κ2) is 5.95. The second-order valence-corrected chi connectivity index (χ2v) is 6.20. The molecule has 4 nitrogen and oxygen atoms in total. The van der Waals surface area contributed by atoms with Gasteiger partial charge in [-0.2, -0.15) is 5.10 Å². The number of carbonyl (C=O) groups is 1. The molecule has 0 atom stereocenters. The maximum Gasteiger partial charge on any atom is 0.274 e. The number of benzene rings is 1. The molecule has 116 valence electrons. The summed E-state index contributed by atoms with van der Waals surface area (Å²) in [4.78, 5) is 14.5. The molecule has 0 saturated carbocycles. The van der Waals surface area contributed by atoms with Gasteiger partial charge in [-0.25, -0.2) is 4.68 Å². The van der Waals surface area contributed by atoms with Crippen molar-refractivity contribution < 1.29 is 4.79 Å². The average molecular weight is 297 g/mol. The molecule has 1 amide bonds. The Morgan fingerprint density at radius 1 is 1.00 bits per heavy atom. The minimum atomic E-state index is 0.0605. The molecule has 4 heteroatoms. The van der Waals surface area contributed by atoms with Crippen molar-refractivity contribution in [3.63, 3.8) is 0 Å². The fourth-order valence-electron chi connectivity index (χ4n) is 2.96. The van der Waals surface area contributed by atoms with Crippen LogP contribution in [-0.2, 0) is 0 Å². The van der Waals surface area contributed by atoms with Gasteiger partial charge in [0.2, 0.25) is 0 Å². The summed E-state index contributed by atoms with van der Waals surface area (Å²) in [6.07, 6.45) is 3.42. The molecule has 2 heterocycles. The Balaban J connectivity index is 1.89. The Labute approximate surface area is 131 Å². The van der Waals surface area contributed by atoms with Crippen LogP contribution in [0.5, 0.6) is 0 Å². The first-order chi connectivity index (χ1) is 10.6. The first-order valence-electron chi connectivity index (χ1n) is 8.00. The number of aromatic nitrogens is 2. The molecule has 0 aliphatic carbocycles. The summed E-state index contributed by atoms with van der Waals surface area (Å²) < 4.78 is 1.86. The van der Waals surface area contributed by atoms with Gasteiger partial charge in [0.25, 0.3) is 5.91 Å². The van der Waals surface area contributed by atoms with Crippen molar-refractivity contribution in [2.24, 2.45) is 0 Å². The monoisotopic (exact) mass is 297 g/mol. The minimum Gasteiger partial charge on any atom is -0.337 e. The third-order valence-electron chi connectivity index (χ3n) is 4.48. The van der Waals surface area contributed by atoms with Gasteiger partial charge in [-0.05, 0) is 69.4 Å².